The average molecular weight is 333 g/mol. The van der Waals surface area contributed by atoms with Gasteiger partial charge < -0.3 is 9.47 Å². The van der Waals surface area contributed by atoms with Gasteiger partial charge in [-0.05, 0) is 31.2 Å². The van der Waals surface area contributed by atoms with E-state index in [0.29, 0.717) is 13.2 Å². The number of benzene rings is 1. The minimum absolute atomic E-state index is 0.561. The number of aryl methyl sites for hydroxylation is 1. The molecule has 0 bridgehead atoms. The van der Waals surface area contributed by atoms with Crippen molar-refractivity contribution in [1.29, 1.82) is 0 Å². The molecule has 0 radical (unpaired) electrons. The number of nitrogens with zero attached hydrogens (tertiary/aromatic N) is 5. The summed E-state index contributed by atoms with van der Waals surface area (Å²) in [6.45, 7) is 3.11. The summed E-state index contributed by atoms with van der Waals surface area (Å²) in [5.41, 5.74) is 3.44. The summed E-state index contributed by atoms with van der Waals surface area (Å²) in [5.74, 6) is 2.38. The molecule has 0 atom stereocenters. The molecule has 1 aromatic carbocycles. The maximum atomic E-state index is 5.69. The Bertz CT molecular complexity index is 1070. The molecule has 0 saturated heterocycles. The number of hydrogen-bond acceptors (Lipinski definition) is 5. The van der Waals surface area contributed by atoms with Crippen molar-refractivity contribution in [2.75, 3.05) is 13.2 Å². The van der Waals surface area contributed by atoms with Crippen LogP contribution in [0.3, 0.4) is 0 Å². The van der Waals surface area contributed by atoms with E-state index in [9.17, 15) is 0 Å². The predicted molar refractivity (Wildman–Crippen MR) is 91.7 cm³/mol. The van der Waals surface area contributed by atoms with E-state index >= 15 is 0 Å². The van der Waals surface area contributed by atoms with Gasteiger partial charge in [0.25, 0.3) is 0 Å². The van der Waals surface area contributed by atoms with Crippen LogP contribution >= 0.6 is 0 Å². The van der Waals surface area contributed by atoms with Gasteiger partial charge >= 0.3 is 0 Å². The first-order valence-corrected chi connectivity index (χ1v) is 8.05. The molecule has 4 heterocycles. The lowest BCUT2D eigenvalue weighted by atomic mass is 10.2. The first kappa shape index (κ1) is 14.0. The molecular formula is C18H15N5O2. The molecule has 0 spiro atoms. The quantitative estimate of drug-likeness (QED) is 0.564. The lowest BCUT2D eigenvalue weighted by Gasteiger charge is -2.19. The maximum absolute atomic E-state index is 5.69. The van der Waals surface area contributed by atoms with E-state index < -0.39 is 0 Å². The first-order chi connectivity index (χ1) is 12.3. The molecule has 7 heteroatoms. The lowest BCUT2D eigenvalue weighted by molar-refractivity contribution is 0.171. The van der Waals surface area contributed by atoms with Crippen molar-refractivity contribution in [2.45, 2.75) is 6.92 Å². The summed E-state index contributed by atoms with van der Waals surface area (Å²) in [4.78, 5) is 9.27. The fourth-order valence-electron chi connectivity index (χ4n) is 3.09. The highest BCUT2D eigenvalue weighted by molar-refractivity contribution is 5.76. The van der Waals surface area contributed by atoms with Crippen molar-refractivity contribution in [3.63, 3.8) is 0 Å². The molecule has 1 aliphatic heterocycles. The molecule has 25 heavy (non-hydrogen) atoms. The summed E-state index contributed by atoms with van der Waals surface area (Å²) in [7, 11) is 0. The van der Waals surface area contributed by atoms with E-state index in [1.54, 1.807) is 17.1 Å². The van der Waals surface area contributed by atoms with Crippen molar-refractivity contribution < 1.29 is 9.47 Å². The van der Waals surface area contributed by atoms with Gasteiger partial charge in [0, 0.05) is 18.5 Å². The molecule has 0 unspecified atom stereocenters. The molecule has 5 rings (SSSR count). The minimum Gasteiger partial charge on any atom is -0.486 e. The van der Waals surface area contributed by atoms with Crippen LogP contribution in [-0.4, -0.2) is 37.5 Å². The maximum Gasteiger partial charge on any atom is 0.164 e. The largest absolute Gasteiger partial charge is 0.486 e. The monoisotopic (exact) mass is 333 g/mol. The number of ether oxygens (including phenoxy) is 2. The second-order valence-electron chi connectivity index (χ2n) is 5.81. The van der Waals surface area contributed by atoms with Gasteiger partial charge in [-0.25, -0.2) is 14.6 Å². The van der Waals surface area contributed by atoms with E-state index in [2.05, 4.69) is 15.1 Å². The van der Waals surface area contributed by atoms with Crippen LogP contribution in [0, 0.1) is 6.92 Å². The number of rotatable bonds is 2. The fourth-order valence-corrected chi connectivity index (χ4v) is 3.09. The molecule has 0 amide bonds. The van der Waals surface area contributed by atoms with Crippen LogP contribution in [0.2, 0.25) is 0 Å². The number of aromatic nitrogens is 5. The number of pyridine rings is 1. The Labute approximate surface area is 143 Å². The van der Waals surface area contributed by atoms with Gasteiger partial charge in [0.15, 0.2) is 17.1 Å². The SMILES string of the molecule is Cc1nc2cc(-n3cccn3)cnc2n1-c1ccc2c(c1)OCCO2. The van der Waals surface area contributed by atoms with Gasteiger partial charge in [-0.3, -0.25) is 4.57 Å². The third-order valence-electron chi connectivity index (χ3n) is 4.20. The van der Waals surface area contributed by atoms with Gasteiger partial charge in [0.2, 0.25) is 0 Å². The van der Waals surface area contributed by atoms with Crippen molar-refractivity contribution in [2.24, 2.45) is 0 Å². The second kappa shape index (κ2) is 5.34. The van der Waals surface area contributed by atoms with Crippen molar-refractivity contribution >= 4 is 11.2 Å². The summed E-state index contributed by atoms with van der Waals surface area (Å²) in [5, 5.41) is 4.24. The minimum atomic E-state index is 0.561. The smallest absolute Gasteiger partial charge is 0.164 e. The Morgan fingerprint density at radius 1 is 1.04 bits per heavy atom. The zero-order chi connectivity index (χ0) is 16.8. The normalized spacial score (nSPS) is 13.3. The fraction of sp³-hybridized carbons (Fsp3) is 0.167. The number of hydrogen-bond donors (Lipinski definition) is 0. The predicted octanol–water partition coefficient (Wildman–Crippen LogP) is 2.69. The molecular weight excluding hydrogens is 318 g/mol. The van der Waals surface area contributed by atoms with E-state index in [0.717, 1.165) is 39.9 Å². The Kier molecular flexibility index (Phi) is 3.00. The summed E-state index contributed by atoms with van der Waals surface area (Å²) in [6, 6.07) is 9.74. The second-order valence-corrected chi connectivity index (χ2v) is 5.81. The Morgan fingerprint density at radius 3 is 2.76 bits per heavy atom. The van der Waals surface area contributed by atoms with Crippen molar-refractivity contribution in [1.82, 2.24) is 24.3 Å². The third kappa shape index (κ3) is 2.24. The van der Waals surface area contributed by atoms with Crippen LogP contribution < -0.4 is 9.47 Å². The summed E-state index contributed by atoms with van der Waals surface area (Å²) < 4.78 is 15.1. The molecule has 1 aliphatic rings. The number of fused-ring (bicyclic) bond motifs is 2. The number of imidazole rings is 1. The first-order valence-electron chi connectivity index (χ1n) is 8.05. The molecule has 0 saturated carbocycles. The standard InChI is InChI=1S/C18H15N5O2/c1-12-21-15-9-14(22-6-2-5-20-22)11-19-18(15)23(12)13-3-4-16-17(10-13)25-8-7-24-16/h2-6,9-11H,7-8H2,1H3. The molecule has 124 valence electrons. The van der Waals surface area contributed by atoms with Crippen LogP contribution in [0.5, 0.6) is 11.5 Å². The highest BCUT2D eigenvalue weighted by Gasteiger charge is 2.16. The van der Waals surface area contributed by atoms with Gasteiger partial charge in [-0.1, -0.05) is 0 Å². The summed E-state index contributed by atoms with van der Waals surface area (Å²) >= 11 is 0. The third-order valence-corrected chi connectivity index (χ3v) is 4.20. The highest BCUT2D eigenvalue weighted by Crippen LogP contribution is 2.33. The van der Waals surface area contributed by atoms with E-state index in [-0.39, 0.29) is 0 Å². The molecule has 4 aromatic rings. The van der Waals surface area contributed by atoms with Gasteiger partial charge in [-0.2, -0.15) is 5.10 Å². The van der Waals surface area contributed by atoms with Crippen LogP contribution in [0.1, 0.15) is 5.82 Å². The van der Waals surface area contributed by atoms with Gasteiger partial charge in [0.05, 0.1) is 17.6 Å². The molecule has 3 aromatic heterocycles. The van der Waals surface area contributed by atoms with E-state index in [1.807, 2.05) is 48.0 Å². The molecule has 0 N–H and O–H groups in total. The van der Waals surface area contributed by atoms with Gasteiger partial charge in [-0.15, -0.1) is 0 Å². The average Bonchev–Trinajstić information content (AvgIpc) is 3.27. The zero-order valence-corrected chi connectivity index (χ0v) is 13.6. The van der Waals surface area contributed by atoms with E-state index in [1.165, 1.54) is 0 Å². The summed E-state index contributed by atoms with van der Waals surface area (Å²) in [6.07, 6.45) is 5.42. The van der Waals surface area contributed by atoms with Gasteiger partial charge in [0.1, 0.15) is 24.6 Å². The van der Waals surface area contributed by atoms with E-state index in [4.69, 9.17) is 9.47 Å². The van der Waals surface area contributed by atoms with Crippen LogP contribution in [0.4, 0.5) is 0 Å². The van der Waals surface area contributed by atoms with Crippen molar-refractivity contribution in [3.8, 4) is 22.9 Å². The zero-order valence-electron chi connectivity index (χ0n) is 13.6. The Morgan fingerprint density at radius 2 is 1.92 bits per heavy atom. The molecule has 0 fully saturated rings. The van der Waals surface area contributed by atoms with Crippen molar-refractivity contribution in [3.05, 3.63) is 54.7 Å². The topological polar surface area (TPSA) is 67.0 Å². The van der Waals surface area contributed by atoms with Crippen LogP contribution in [0.25, 0.3) is 22.5 Å². The van der Waals surface area contributed by atoms with Crippen LogP contribution in [0.15, 0.2) is 48.9 Å². The van der Waals surface area contributed by atoms with Crippen LogP contribution in [-0.2, 0) is 0 Å². The molecule has 0 aliphatic carbocycles. The highest BCUT2D eigenvalue weighted by atomic mass is 16.6. The Hall–Kier alpha value is -3.35. The lowest BCUT2D eigenvalue weighted by Crippen LogP contribution is -2.15. The molecule has 7 nitrogen and oxygen atoms in total. The Balaban J connectivity index is 1.65.